The molecule has 0 amide bonds. The summed E-state index contributed by atoms with van der Waals surface area (Å²) in [5.74, 6) is 1.75. The number of aromatic nitrogens is 3. The van der Waals surface area contributed by atoms with Crippen LogP contribution in [0.4, 0.5) is 5.82 Å². The number of pyridine rings is 1. The van der Waals surface area contributed by atoms with Crippen LogP contribution in [0.1, 0.15) is 18.5 Å². The Hall–Kier alpha value is -2.21. The highest BCUT2D eigenvalue weighted by Crippen LogP contribution is 2.42. The topological polar surface area (TPSA) is 60.4 Å². The molecular formula is C18H22N4O2. The molecule has 4 heterocycles. The van der Waals surface area contributed by atoms with Crippen LogP contribution in [-0.4, -0.2) is 47.6 Å². The second-order valence-electron chi connectivity index (χ2n) is 6.69. The summed E-state index contributed by atoms with van der Waals surface area (Å²) in [6.07, 6.45) is 5.77. The standard InChI is InChI=1S/C18H22N4O2/c1-14-4-5-17(21-20-14)22-9-6-16-18(12-22,7-10-23-16)13-24-15-3-2-8-19-11-15/h2-5,8,11,16H,6-7,9-10,12-13H2,1H3/t16-,18+/m0/s1. The monoisotopic (exact) mass is 326 g/mol. The van der Waals surface area contributed by atoms with Crippen molar-refractivity contribution in [1.82, 2.24) is 15.2 Å². The summed E-state index contributed by atoms with van der Waals surface area (Å²) in [5, 5.41) is 8.54. The van der Waals surface area contributed by atoms with Gasteiger partial charge in [-0.25, -0.2) is 0 Å². The molecule has 2 aromatic heterocycles. The Kier molecular flexibility index (Phi) is 4.06. The Morgan fingerprint density at radius 1 is 1.33 bits per heavy atom. The van der Waals surface area contributed by atoms with Gasteiger partial charge in [0.1, 0.15) is 5.75 Å². The van der Waals surface area contributed by atoms with Crippen molar-refractivity contribution in [2.45, 2.75) is 25.9 Å². The predicted molar refractivity (Wildman–Crippen MR) is 90.1 cm³/mol. The van der Waals surface area contributed by atoms with Gasteiger partial charge in [0.25, 0.3) is 0 Å². The number of nitrogens with zero attached hydrogens (tertiary/aromatic N) is 4. The van der Waals surface area contributed by atoms with Crippen molar-refractivity contribution < 1.29 is 9.47 Å². The van der Waals surface area contributed by atoms with Gasteiger partial charge in [-0.05, 0) is 44.0 Å². The van der Waals surface area contributed by atoms with E-state index in [1.54, 1.807) is 12.4 Å². The molecule has 0 bridgehead atoms. The normalized spacial score (nSPS) is 26.2. The number of anilines is 1. The first-order chi connectivity index (χ1) is 11.8. The van der Waals surface area contributed by atoms with Gasteiger partial charge in [0, 0.05) is 25.9 Å². The molecule has 2 fully saturated rings. The highest BCUT2D eigenvalue weighted by Gasteiger charge is 2.49. The van der Waals surface area contributed by atoms with Gasteiger partial charge in [-0.3, -0.25) is 4.98 Å². The molecule has 0 unspecified atom stereocenters. The van der Waals surface area contributed by atoms with Gasteiger partial charge in [-0.1, -0.05) is 0 Å². The van der Waals surface area contributed by atoms with Crippen LogP contribution in [0.15, 0.2) is 36.7 Å². The summed E-state index contributed by atoms with van der Waals surface area (Å²) in [5.41, 5.74) is 0.938. The second kappa shape index (κ2) is 6.36. The number of fused-ring (bicyclic) bond motifs is 1. The molecule has 2 saturated heterocycles. The minimum atomic E-state index is 0.000652. The van der Waals surface area contributed by atoms with Gasteiger partial charge in [0.05, 0.1) is 30.0 Å². The lowest BCUT2D eigenvalue weighted by molar-refractivity contribution is 0.00809. The van der Waals surface area contributed by atoms with Gasteiger partial charge >= 0.3 is 0 Å². The summed E-state index contributed by atoms with van der Waals surface area (Å²) < 4.78 is 12.0. The summed E-state index contributed by atoms with van der Waals surface area (Å²) in [7, 11) is 0. The summed E-state index contributed by atoms with van der Waals surface area (Å²) in [4.78, 5) is 6.43. The number of hydrogen-bond donors (Lipinski definition) is 0. The molecule has 0 spiro atoms. The lowest BCUT2D eigenvalue weighted by atomic mass is 9.77. The van der Waals surface area contributed by atoms with Crippen LogP contribution in [0.3, 0.4) is 0 Å². The second-order valence-corrected chi connectivity index (χ2v) is 6.69. The van der Waals surface area contributed by atoms with Crippen molar-refractivity contribution in [2.75, 3.05) is 31.2 Å². The molecule has 24 heavy (non-hydrogen) atoms. The lowest BCUT2D eigenvalue weighted by Crippen LogP contribution is -2.52. The van der Waals surface area contributed by atoms with Crippen molar-refractivity contribution in [3.63, 3.8) is 0 Å². The Labute approximate surface area is 141 Å². The maximum absolute atomic E-state index is 6.05. The zero-order valence-electron chi connectivity index (χ0n) is 13.9. The molecular weight excluding hydrogens is 304 g/mol. The smallest absolute Gasteiger partial charge is 0.151 e. The SMILES string of the molecule is Cc1ccc(N2CC[C@@H]3OCC[C@]3(COc3cccnc3)C2)nn1. The molecule has 0 saturated carbocycles. The quantitative estimate of drug-likeness (QED) is 0.859. The van der Waals surface area contributed by atoms with E-state index in [2.05, 4.69) is 20.1 Å². The Morgan fingerprint density at radius 3 is 3.08 bits per heavy atom. The van der Waals surface area contributed by atoms with E-state index in [0.29, 0.717) is 6.61 Å². The first-order valence-corrected chi connectivity index (χ1v) is 8.45. The van der Waals surface area contributed by atoms with Gasteiger partial charge in [0.2, 0.25) is 0 Å². The molecule has 0 radical (unpaired) electrons. The van der Waals surface area contributed by atoms with Crippen LogP contribution in [-0.2, 0) is 4.74 Å². The van der Waals surface area contributed by atoms with Crippen LogP contribution in [0.25, 0.3) is 0 Å². The number of aryl methyl sites for hydroxylation is 1. The lowest BCUT2D eigenvalue weighted by Gasteiger charge is -2.43. The highest BCUT2D eigenvalue weighted by molar-refractivity contribution is 5.39. The van der Waals surface area contributed by atoms with Crippen molar-refractivity contribution in [2.24, 2.45) is 5.41 Å². The zero-order chi connectivity index (χ0) is 16.4. The largest absolute Gasteiger partial charge is 0.491 e. The van der Waals surface area contributed by atoms with E-state index in [1.165, 1.54) is 0 Å². The molecule has 0 aromatic carbocycles. The van der Waals surface area contributed by atoms with E-state index >= 15 is 0 Å². The van der Waals surface area contributed by atoms with Gasteiger partial charge < -0.3 is 14.4 Å². The van der Waals surface area contributed by atoms with E-state index in [1.807, 2.05) is 31.2 Å². The third-order valence-corrected chi connectivity index (χ3v) is 5.04. The predicted octanol–water partition coefficient (Wildman–Crippen LogP) is 2.24. The Morgan fingerprint density at radius 2 is 2.29 bits per heavy atom. The Balaban J connectivity index is 1.51. The minimum Gasteiger partial charge on any atom is -0.491 e. The van der Waals surface area contributed by atoms with E-state index in [-0.39, 0.29) is 11.5 Å². The van der Waals surface area contributed by atoms with Gasteiger partial charge in [-0.2, -0.15) is 5.10 Å². The van der Waals surface area contributed by atoms with Crippen LogP contribution < -0.4 is 9.64 Å². The summed E-state index contributed by atoms with van der Waals surface area (Å²) in [6.45, 7) is 5.22. The van der Waals surface area contributed by atoms with Crippen molar-refractivity contribution in [3.05, 3.63) is 42.4 Å². The zero-order valence-corrected chi connectivity index (χ0v) is 13.9. The van der Waals surface area contributed by atoms with Crippen LogP contribution in [0.2, 0.25) is 0 Å². The molecule has 0 N–H and O–H groups in total. The van der Waals surface area contributed by atoms with Crippen molar-refractivity contribution in [3.8, 4) is 5.75 Å². The minimum absolute atomic E-state index is 0.000652. The number of rotatable bonds is 4. The molecule has 2 atom stereocenters. The molecule has 2 aliphatic heterocycles. The average molecular weight is 326 g/mol. The highest BCUT2D eigenvalue weighted by atomic mass is 16.5. The van der Waals surface area contributed by atoms with Crippen molar-refractivity contribution >= 4 is 5.82 Å². The van der Waals surface area contributed by atoms with Crippen LogP contribution in [0, 0.1) is 12.3 Å². The van der Waals surface area contributed by atoms with Gasteiger partial charge in [0.15, 0.2) is 5.82 Å². The molecule has 0 aliphatic carbocycles. The molecule has 4 rings (SSSR count). The molecule has 2 aromatic rings. The fraction of sp³-hybridized carbons (Fsp3) is 0.500. The number of piperidine rings is 1. The fourth-order valence-electron chi connectivity index (χ4n) is 3.67. The third-order valence-electron chi connectivity index (χ3n) is 5.04. The van der Waals surface area contributed by atoms with E-state index in [9.17, 15) is 0 Å². The fourth-order valence-corrected chi connectivity index (χ4v) is 3.67. The maximum Gasteiger partial charge on any atom is 0.151 e. The summed E-state index contributed by atoms with van der Waals surface area (Å²) >= 11 is 0. The number of hydrogen-bond acceptors (Lipinski definition) is 6. The van der Waals surface area contributed by atoms with Crippen LogP contribution >= 0.6 is 0 Å². The number of ether oxygens (including phenoxy) is 2. The van der Waals surface area contributed by atoms with E-state index < -0.39 is 0 Å². The average Bonchev–Trinajstić information content (AvgIpc) is 3.05. The van der Waals surface area contributed by atoms with E-state index in [0.717, 1.165) is 49.8 Å². The van der Waals surface area contributed by atoms with Crippen molar-refractivity contribution in [1.29, 1.82) is 0 Å². The molecule has 126 valence electrons. The van der Waals surface area contributed by atoms with Gasteiger partial charge in [-0.15, -0.1) is 5.10 Å². The first-order valence-electron chi connectivity index (χ1n) is 8.45. The first kappa shape index (κ1) is 15.3. The maximum atomic E-state index is 6.05. The molecule has 6 heteroatoms. The Bertz CT molecular complexity index is 679. The molecule has 2 aliphatic rings. The van der Waals surface area contributed by atoms with Crippen LogP contribution in [0.5, 0.6) is 5.75 Å². The van der Waals surface area contributed by atoms with E-state index in [4.69, 9.17) is 9.47 Å². The third kappa shape index (κ3) is 2.94. The summed E-state index contributed by atoms with van der Waals surface area (Å²) in [6, 6.07) is 7.90. The molecule has 6 nitrogen and oxygen atoms in total.